The molecule has 2 aromatic heterocycles. The van der Waals surface area contributed by atoms with Crippen molar-refractivity contribution in [2.45, 2.75) is 13.2 Å². The molecule has 10 heteroatoms. The average Bonchev–Trinajstić information content (AvgIpc) is 3.32. The third-order valence-electron chi connectivity index (χ3n) is 5.89. The minimum absolute atomic E-state index is 0.125. The van der Waals surface area contributed by atoms with Crippen LogP contribution in [-0.2, 0) is 17.9 Å². The van der Waals surface area contributed by atoms with E-state index >= 15 is 0 Å². The highest BCUT2D eigenvalue weighted by Gasteiger charge is 2.13. The van der Waals surface area contributed by atoms with E-state index in [2.05, 4.69) is 25.3 Å². The van der Waals surface area contributed by atoms with Gasteiger partial charge < -0.3 is 14.8 Å². The second-order valence-corrected chi connectivity index (χ2v) is 8.70. The smallest absolute Gasteiger partial charge is 0.274 e. The van der Waals surface area contributed by atoms with Gasteiger partial charge in [0.25, 0.3) is 11.3 Å². The van der Waals surface area contributed by atoms with E-state index in [1.807, 2.05) is 48.5 Å². The summed E-state index contributed by atoms with van der Waals surface area (Å²) in [4.78, 5) is 24.0. The summed E-state index contributed by atoms with van der Waals surface area (Å²) in [5, 5.41) is 7.08. The van der Waals surface area contributed by atoms with Crippen molar-refractivity contribution in [3.8, 4) is 17.1 Å². The number of aromatic nitrogens is 4. The van der Waals surface area contributed by atoms with Crippen molar-refractivity contribution in [2.24, 2.45) is 0 Å². The number of halogens is 1. The highest BCUT2D eigenvalue weighted by molar-refractivity contribution is 6.31. The summed E-state index contributed by atoms with van der Waals surface area (Å²) >= 11 is 6.47. The number of ether oxygens (including phenoxy) is 2. The Morgan fingerprint density at radius 2 is 1.91 bits per heavy atom. The lowest BCUT2D eigenvalue weighted by Crippen LogP contribution is -2.40. The number of hydrogen-bond acceptors (Lipinski definition) is 7. The van der Waals surface area contributed by atoms with E-state index < -0.39 is 0 Å². The van der Waals surface area contributed by atoms with Crippen molar-refractivity contribution in [1.82, 2.24) is 29.8 Å². The largest absolute Gasteiger partial charge is 0.487 e. The summed E-state index contributed by atoms with van der Waals surface area (Å²) in [6.07, 6.45) is 0. The zero-order valence-corrected chi connectivity index (χ0v) is 20.0. The van der Waals surface area contributed by atoms with Gasteiger partial charge in [0.05, 0.1) is 18.9 Å². The Morgan fingerprint density at radius 1 is 1.09 bits per heavy atom. The first-order valence-corrected chi connectivity index (χ1v) is 12.0. The standard InChI is InChI=1S/C25H27ClN6O3/c26-21-7-4-8-22(20(21)16-27-9-10-31-11-13-34-14-12-31)35-17-19-15-23(33)32-25(28-19)29-24(30-32)18-5-2-1-3-6-18/h1-8,15,27H,9-14,16-17H2,(H,28,29,30). The molecule has 3 heterocycles. The first kappa shape index (κ1) is 23.5. The van der Waals surface area contributed by atoms with Crippen molar-refractivity contribution in [3.05, 3.63) is 81.2 Å². The SMILES string of the molecule is O=c1cc(COc2cccc(Cl)c2CNCCN2CCOCC2)nc2nc(-c3ccccc3)[nH]n12. The Hall–Kier alpha value is -3.24. The lowest BCUT2D eigenvalue weighted by Gasteiger charge is -2.26. The van der Waals surface area contributed by atoms with Gasteiger partial charge in [0, 0.05) is 54.9 Å². The number of aromatic amines is 1. The highest BCUT2D eigenvalue weighted by atomic mass is 35.5. The molecule has 5 rings (SSSR count). The number of morpholine rings is 1. The van der Waals surface area contributed by atoms with Crippen LogP contribution in [0, 0.1) is 0 Å². The lowest BCUT2D eigenvalue weighted by molar-refractivity contribution is 0.0384. The van der Waals surface area contributed by atoms with Gasteiger partial charge >= 0.3 is 0 Å². The Balaban J connectivity index is 1.25. The number of nitrogens with one attached hydrogen (secondary N) is 2. The van der Waals surface area contributed by atoms with Crippen LogP contribution in [0.5, 0.6) is 5.75 Å². The number of benzene rings is 2. The van der Waals surface area contributed by atoms with Crippen LogP contribution in [0.1, 0.15) is 11.3 Å². The van der Waals surface area contributed by atoms with Gasteiger partial charge in [-0.1, -0.05) is 48.0 Å². The minimum atomic E-state index is -0.251. The monoisotopic (exact) mass is 494 g/mol. The maximum absolute atomic E-state index is 12.6. The predicted molar refractivity (Wildman–Crippen MR) is 134 cm³/mol. The van der Waals surface area contributed by atoms with Crippen molar-refractivity contribution >= 4 is 17.4 Å². The Bertz CT molecular complexity index is 1330. The number of rotatable bonds is 9. The van der Waals surface area contributed by atoms with E-state index in [1.54, 1.807) is 0 Å². The first-order valence-electron chi connectivity index (χ1n) is 11.6. The summed E-state index contributed by atoms with van der Waals surface area (Å²) in [6.45, 7) is 5.99. The van der Waals surface area contributed by atoms with Crippen molar-refractivity contribution in [2.75, 3.05) is 39.4 Å². The van der Waals surface area contributed by atoms with Crippen LogP contribution in [0.15, 0.2) is 59.4 Å². The second kappa shape index (κ2) is 11.0. The fourth-order valence-corrected chi connectivity index (χ4v) is 4.23. The molecule has 1 fully saturated rings. The zero-order chi connectivity index (χ0) is 24.0. The van der Waals surface area contributed by atoms with E-state index in [1.165, 1.54) is 10.6 Å². The molecule has 0 saturated carbocycles. The Morgan fingerprint density at radius 3 is 2.74 bits per heavy atom. The third-order valence-corrected chi connectivity index (χ3v) is 6.25. The van der Waals surface area contributed by atoms with Gasteiger partial charge in [-0.15, -0.1) is 0 Å². The highest BCUT2D eigenvalue weighted by Crippen LogP contribution is 2.27. The molecule has 0 bridgehead atoms. The number of hydrogen-bond donors (Lipinski definition) is 2. The summed E-state index contributed by atoms with van der Waals surface area (Å²) in [7, 11) is 0. The fourth-order valence-electron chi connectivity index (χ4n) is 4.00. The third kappa shape index (κ3) is 5.71. The normalized spacial score (nSPS) is 14.4. The predicted octanol–water partition coefficient (Wildman–Crippen LogP) is 2.74. The molecular formula is C25H27ClN6O3. The molecule has 1 aliphatic rings. The molecule has 182 valence electrons. The molecular weight excluding hydrogens is 468 g/mol. The van der Waals surface area contributed by atoms with Gasteiger partial charge in [0.1, 0.15) is 12.4 Å². The van der Waals surface area contributed by atoms with Gasteiger partial charge in [-0.2, -0.15) is 9.50 Å². The summed E-state index contributed by atoms with van der Waals surface area (Å²) in [5.74, 6) is 1.53. The molecule has 35 heavy (non-hydrogen) atoms. The van der Waals surface area contributed by atoms with Gasteiger partial charge in [-0.05, 0) is 12.1 Å². The molecule has 0 aliphatic carbocycles. The van der Waals surface area contributed by atoms with E-state index in [0.29, 0.717) is 34.6 Å². The van der Waals surface area contributed by atoms with Crippen molar-refractivity contribution in [1.29, 1.82) is 0 Å². The summed E-state index contributed by atoms with van der Waals surface area (Å²) < 4.78 is 12.8. The van der Waals surface area contributed by atoms with Crippen LogP contribution in [0.2, 0.25) is 5.02 Å². The zero-order valence-electron chi connectivity index (χ0n) is 19.2. The molecule has 1 saturated heterocycles. The van der Waals surface area contributed by atoms with Crippen molar-refractivity contribution in [3.63, 3.8) is 0 Å². The first-order chi connectivity index (χ1) is 17.2. The molecule has 2 N–H and O–H groups in total. The van der Waals surface area contributed by atoms with Crippen LogP contribution in [-0.4, -0.2) is 63.9 Å². The molecule has 4 aromatic rings. The quantitative estimate of drug-likeness (QED) is 0.345. The van der Waals surface area contributed by atoms with E-state index in [4.69, 9.17) is 21.1 Å². The molecule has 0 amide bonds. The topological polar surface area (TPSA) is 96.8 Å². The van der Waals surface area contributed by atoms with Crippen molar-refractivity contribution < 1.29 is 9.47 Å². The van der Waals surface area contributed by atoms with Crippen LogP contribution < -0.4 is 15.6 Å². The second-order valence-electron chi connectivity index (χ2n) is 8.30. The molecule has 2 aromatic carbocycles. The van der Waals surface area contributed by atoms with E-state index in [9.17, 15) is 4.79 Å². The van der Waals surface area contributed by atoms with Crippen LogP contribution in [0.3, 0.4) is 0 Å². The van der Waals surface area contributed by atoms with Gasteiger partial charge in [0.2, 0.25) is 0 Å². The summed E-state index contributed by atoms with van der Waals surface area (Å²) in [6, 6.07) is 16.6. The fraction of sp³-hybridized carbons (Fsp3) is 0.320. The van der Waals surface area contributed by atoms with Gasteiger partial charge in [-0.25, -0.2) is 4.98 Å². The van der Waals surface area contributed by atoms with Crippen LogP contribution in [0.4, 0.5) is 0 Å². The molecule has 9 nitrogen and oxygen atoms in total. The average molecular weight is 495 g/mol. The maximum atomic E-state index is 12.6. The molecule has 0 radical (unpaired) electrons. The van der Waals surface area contributed by atoms with E-state index in [-0.39, 0.29) is 12.2 Å². The number of H-pyrrole nitrogens is 1. The van der Waals surface area contributed by atoms with Gasteiger partial charge in [0.15, 0.2) is 5.82 Å². The molecule has 0 atom stereocenters. The maximum Gasteiger partial charge on any atom is 0.274 e. The van der Waals surface area contributed by atoms with E-state index in [0.717, 1.165) is 50.5 Å². The number of fused-ring (bicyclic) bond motifs is 1. The van der Waals surface area contributed by atoms with Gasteiger partial charge in [-0.3, -0.25) is 14.8 Å². The lowest BCUT2D eigenvalue weighted by atomic mass is 10.2. The number of nitrogens with zero attached hydrogens (tertiary/aromatic N) is 4. The Labute approximate surface area is 207 Å². The van der Waals surface area contributed by atoms with Crippen LogP contribution >= 0.6 is 11.6 Å². The minimum Gasteiger partial charge on any atom is -0.487 e. The summed E-state index contributed by atoms with van der Waals surface area (Å²) in [5.41, 5.74) is 1.99. The van der Waals surface area contributed by atoms with Crippen LogP contribution in [0.25, 0.3) is 17.2 Å². The molecule has 1 aliphatic heterocycles. The molecule has 0 spiro atoms. The Kier molecular flexibility index (Phi) is 7.39. The molecule has 0 unspecified atom stereocenters.